The molecule has 0 amide bonds. The van der Waals surface area contributed by atoms with Crippen molar-refractivity contribution in [3.8, 4) is 0 Å². The fourth-order valence-electron chi connectivity index (χ4n) is 1.71. The molecule has 0 spiro atoms. The van der Waals surface area contributed by atoms with Gasteiger partial charge in [-0.3, -0.25) is 9.78 Å². The van der Waals surface area contributed by atoms with Crippen molar-refractivity contribution in [1.29, 1.82) is 0 Å². The van der Waals surface area contributed by atoms with E-state index in [1.54, 1.807) is 6.20 Å². The Morgan fingerprint density at radius 3 is 3.06 bits per heavy atom. The SMILES string of the molecule is COC(=O)CC(N)c1ccc2ncccc2c1. The van der Waals surface area contributed by atoms with Crippen molar-refractivity contribution >= 4 is 16.9 Å². The average molecular weight is 230 g/mol. The fraction of sp³-hybridized carbons (Fsp3) is 0.231. The molecule has 0 saturated heterocycles. The maximum atomic E-state index is 11.1. The van der Waals surface area contributed by atoms with Crippen LogP contribution in [0.2, 0.25) is 0 Å². The Balaban J connectivity index is 2.26. The highest BCUT2D eigenvalue weighted by Gasteiger charge is 2.12. The maximum Gasteiger partial charge on any atom is 0.307 e. The van der Waals surface area contributed by atoms with Gasteiger partial charge in [-0.15, -0.1) is 0 Å². The summed E-state index contributed by atoms with van der Waals surface area (Å²) in [4.78, 5) is 15.4. The van der Waals surface area contributed by atoms with Gasteiger partial charge in [0.25, 0.3) is 0 Å². The largest absolute Gasteiger partial charge is 0.469 e. The molecule has 0 bridgehead atoms. The molecule has 88 valence electrons. The Kier molecular flexibility index (Phi) is 3.35. The van der Waals surface area contributed by atoms with E-state index in [-0.39, 0.29) is 18.4 Å². The molecule has 0 saturated carbocycles. The molecule has 1 heterocycles. The first kappa shape index (κ1) is 11.5. The minimum atomic E-state index is -0.341. The third-order valence-electron chi connectivity index (χ3n) is 2.67. The van der Waals surface area contributed by atoms with Gasteiger partial charge in [0.15, 0.2) is 0 Å². The number of carbonyl (C=O) groups is 1. The number of carbonyl (C=O) groups excluding carboxylic acids is 1. The number of rotatable bonds is 3. The first-order valence-corrected chi connectivity index (χ1v) is 5.38. The van der Waals surface area contributed by atoms with Gasteiger partial charge in [-0.25, -0.2) is 0 Å². The molecular formula is C13H14N2O2. The zero-order valence-corrected chi connectivity index (χ0v) is 9.59. The van der Waals surface area contributed by atoms with Crippen molar-refractivity contribution in [3.05, 3.63) is 42.1 Å². The van der Waals surface area contributed by atoms with E-state index in [1.807, 2.05) is 30.3 Å². The average Bonchev–Trinajstić information content (AvgIpc) is 2.38. The lowest BCUT2D eigenvalue weighted by Crippen LogP contribution is -2.16. The standard InChI is InChI=1S/C13H14N2O2/c1-17-13(16)8-11(14)9-4-5-12-10(7-9)3-2-6-15-12/h2-7,11H,8,14H2,1H3. The van der Waals surface area contributed by atoms with E-state index in [1.165, 1.54) is 7.11 Å². The van der Waals surface area contributed by atoms with Gasteiger partial charge in [-0.2, -0.15) is 0 Å². The van der Waals surface area contributed by atoms with E-state index in [2.05, 4.69) is 9.72 Å². The second kappa shape index (κ2) is 4.93. The van der Waals surface area contributed by atoms with Crippen molar-refractivity contribution in [3.63, 3.8) is 0 Å². The van der Waals surface area contributed by atoms with E-state index in [0.29, 0.717) is 0 Å². The molecular weight excluding hydrogens is 216 g/mol. The summed E-state index contributed by atoms with van der Waals surface area (Å²) in [7, 11) is 1.36. The van der Waals surface area contributed by atoms with E-state index in [4.69, 9.17) is 5.73 Å². The Morgan fingerprint density at radius 2 is 2.29 bits per heavy atom. The Bertz CT molecular complexity index is 540. The second-order valence-corrected chi connectivity index (χ2v) is 3.84. The fourth-order valence-corrected chi connectivity index (χ4v) is 1.71. The van der Waals surface area contributed by atoms with E-state index < -0.39 is 0 Å². The summed E-state index contributed by atoms with van der Waals surface area (Å²) in [6.45, 7) is 0. The van der Waals surface area contributed by atoms with Crippen LogP contribution >= 0.6 is 0 Å². The minimum Gasteiger partial charge on any atom is -0.469 e. The first-order valence-electron chi connectivity index (χ1n) is 5.38. The lowest BCUT2D eigenvalue weighted by molar-refractivity contribution is -0.141. The molecule has 1 aromatic carbocycles. The first-order chi connectivity index (χ1) is 8.20. The number of nitrogens with zero attached hydrogens (tertiary/aromatic N) is 1. The molecule has 0 fully saturated rings. The molecule has 2 aromatic rings. The zero-order chi connectivity index (χ0) is 12.3. The topological polar surface area (TPSA) is 65.2 Å². The number of pyridine rings is 1. The number of methoxy groups -OCH3 is 1. The predicted octanol–water partition coefficient (Wildman–Crippen LogP) is 1.80. The highest BCUT2D eigenvalue weighted by molar-refractivity contribution is 5.79. The number of hydrogen-bond donors (Lipinski definition) is 1. The number of nitrogens with two attached hydrogens (primary N) is 1. The quantitative estimate of drug-likeness (QED) is 0.816. The molecule has 2 N–H and O–H groups in total. The highest BCUT2D eigenvalue weighted by Crippen LogP contribution is 2.19. The van der Waals surface area contributed by atoms with Crippen LogP contribution in [0.1, 0.15) is 18.0 Å². The van der Waals surface area contributed by atoms with E-state index in [0.717, 1.165) is 16.5 Å². The van der Waals surface area contributed by atoms with Gasteiger partial charge in [0.1, 0.15) is 0 Å². The van der Waals surface area contributed by atoms with Crippen LogP contribution in [0.3, 0.4) is 0 Å². The monoisotopic (exact) mass is 230 g/mol. The molecule has 4 heteroatoms. The van der Waals surface area contributed by atoms with Gasteiger partial charge in [-0.1, -0.05) is 12.1 Å². The molecule has 0 aliphatic rings. The molecule has 4 nitrogen and oxygen atoms in total. The summed E-state index contributed by atoms with van der Waals surface area (Å²) < 4.78 is 4.60. The van der Waals surface area contributed by atoms with Gasteiger partial charge in [-0.05, 0) is 23.8 Å². The van der Waals surface area contributed by atoms with Gasteiger partial charge >= 0.3 is 5.97 Å². The molecule has 2 rings (SSSR count). The maximum absolute atomic E-state index is 11.1. The van der Waals surface area contributed by atoms with Crippen LogP contribution in [0.25, 0.3) is 10.9 Å². The van der Waals surface area contributed by atoms with Crippen LogP contribution in [0.15, 0.2) is 36.5 Å². The number of ether oxygens (including phenoxy) is 1. The lowest BCUT2D eigenvalue weighted by Gasteiger charge is -2.11. The number of aromatic nitrogens is 1. The van der Waals surface area contributed by atoms with Gasteiger partial charge in [0.05, 0.1) is 19.0 Å². The van der Waals surface area contributed by atoms with Gasteiger partial charge < -0.3 is 10.5 Å². The lowest BCUT2D eigenvalue weighted by atomic mass is 10.0. The molecule has 1 aromatic heterocycles. The van der Waals surface area contributed by atoms with E-state index in [9.17, 15) is 4.79 Å². The number of benzene rings is 1. The molecule has 0 aliphatic carbocycles. The Labute approximate surface area is 99.4 Å². The summed E-state index contributed by atoms with van der Waals surface area (Å²) in [5.74, 6) is -0.302. The third kappa shape index (κ3) is 2.60. The number of esters is 1. The predicted molar refractivity (Wildman–Crippen MR) is 65.3 cm³/mol. The van der Waals surface area contributed by atoms with Crippen LogP contribution in [-0.4, -0.2) is 18.1 Å². The third-order valence-corrected chi connectivity index (χ3v) is 2.67. The zero-order valence-electron chi connectivity index (χ0n) is 9.59. The van der Waals surface area contributed by atoms with Crippen molar-refractivity contribution in [2.45, 2.75) is 12.5 Å². The molecule has 17 heavy (non-hydrogen) atoms. The Hall–Kier alpha value is -1.94. The van der Waals surface area contributed by atoms with Crippen LogP contribution in [0.4, 0.5) is 0 Å². The van der Waals surface area contributed by atoms with Crippen molar-refractivity contribution in [2.24, 2.45) is 5.73 Å². The summed E-state index contributed by atoms with van der Waals surface area (Å²) in [5.41, 5.74) is 7.77. The molecule has 0 aliphatic heterocycles. The van der Waals surface area contributed by atoms with Gasteiger partial charge in [0.2, 0.25) is 0 Å². The summed E-state index contributed by atoms with van der Waals surface area (Å²) in [5, 5.41) is 1.02. The number of fused-ring (bicyclic) bond motifs is 1. The highest BCUT2D eigenvalue weighted by atomic mass is 16.5. The summed E-state index contributed by atoms with van der Waals surface area (Å²) in [6.07, 6.45) is 1.93. The van der Waals surface area contributed by atoms with Crippen molar-refractivity contribution in [2.75, 3.05) is 7.11 Å². The van der Waals surface area contributed by atoms with Crippen molar-refractivity contribution < 1.29 is 9.53 Å². The normalized spacial score (nSPS) is 12.4. The summed E-state index contributed by atoms with van der Waals surface area (Å²) >= 11 is 0. The molecule has 1 atom stereocenters. The minimum absolute atomic E-state index is 0.183. The second-order valence-electron chi connectivity index (χ2n) is 3.84. The molecule has 0 radical (unpaired) electrons. The van der Waals surface area contributed by atoms with Crippen LogP contribution < -0.4 is 5.73 Å². The van der Waals surface area contributed by atoms with Crippen LogP contribution in [0.5, 0.6) is 0 Å². The number of hydrogen-bond acceptors (Lipinski definition) is 4. The van der Waals surface area contributed by atoms with Crippen LogP contribution in [0, 0.1) is 0 Å². The smallest absolute Gasteiger partial charge is 0.307 e. The Morgan fingerprint density at radius 1 is 1.47 bits per heavy atom. The summed E-state index contributed by atoms with van der Waals surface area (Å²) in [6, 6.07) is 9.25. The molecule has 1 unspecified atom stereocenters. The van der Waals surface area contributed by atoms with Crippen molar-refractivity contribution in [1.82, 2.24) is 4.98 Å². The van der Waals surface area contributed by atoms with Gasteiger partial charge in [0, 0.05) is 17.6 Å². The van der Waals surface area contributed by atoms with Crippen LogP contribution in [-0.2, 0) is 9.53 Å². The van der Waals surface area contributed by atoms with E-state index >= 15 is 0 Å².